The molecule has 0 radical (unpaired) electrons. The predicted molar refractivity (Wildman–Crippen MR) is 226 cm³/mol. The van der Waals surface area contributed by atoms with E-state index >= 15 is 0 Å². The first-order valence-corrected chi connectivity index (χ1v) is 18.8. The summed E-state index contributed by atoms with van der Waals surface area (Å²) in [7, 11) is 0. The third kappa shape index (κ3) is 5.42. The van der Waals surface area contributed by atoms with Gasteiger partial charge >= 0.3 is 0 Å². The maximum absolute atomic E-state index is 6.75. The lowest BCUT2D eigenvalue weighted by molar-refractivity contribution is 0.662. The van der Waals surface area contributed by atoms with Gasteiger partial charge in [-0.3, -0.25) is 0 Å². The van der Waals surface area contributed by atoms with Crippen molar-refractivity contribution in [2.24, 2.45) is 11.8 Å². The van der Waals surface area contributed by atoms with Gasteiger partial charge in [-0.2, -0.15) is 0 Å². The average Bonchev–Trinajstić information content (AvgIpc) is 3.65. The van der Waals surface area contributed by atoms with E-state index in [-0.39, 0.29) is 5.92 Å². The second-order valence-electron chi connectivity index (χ2n) is 14.3. The number of hydrogen-bond donors (Lipinski definition) is 0. The van der Waals surface area contributed by atoms with Gasteiger partial charge in [0.1, 0.15) is 11.2 Å². The number of benzene rings is 7. The summed E-state index contributed by atoms with van der Waals surface area (Å²) in [4.78, 5) is 15.7. The maximum atomic E-state index is 6.75. The van der Waals surface area contributed by atoms with Crippen LogP contribution >= 0.6 is 0 Å². The first-order chi connectivity index (χ1) is 27.2. The van der Waals surface area contributed by atoms with Crippen molar-refractivity contribution in [2.45, 2.75) is 0 Å². The van der Waals surface area contributed by atoms with Crippen LogP contribution in [0.1, 0.15) is 5.82 Å². The van der Waals surface area contributed by atoms with E-state index in [0.29, 0.717) is 23.4 Å². The maximum Gasteiger partial charge on any atom is 0.164 e. The summed E-state index contributed by atoms with van der Waals surface area (Å²) < 4.78 is 6.75. The Morgan fingerprint density at radius 3 is 2.02 bits per heavy atom. The zero-order valence-electron chi connectivity index (χ0n) is 29.8. The molecule has 2 heterocycles. The fraction of sp³-hybridized carbons (Fsp3) is 0.0392. The van der Waals surface area contributed by atoms with E-state index in [1.807, 2.05) is 18.2 Å². The third-order valence-electron chi connectivity index (χ3n) is 11.0. The van der Waals surface area contributed by atoms with Gasteiger partial charge in [-0.05, 0) is 68.6 Å². The average molecular weight is 704 g/mol. The van der Waals surface area contributed by atoms with Crippen LogP contribution < -0.4 is 0 Å². The molecule has 0 fully saturated rings. The molecule has 2 unspecified atom stereocenters. The van der Waals surface area contributed by atoms with E-state index in [1.54, 1.807) is 0 Å². The van der Waals surface area contributed by atoms with Gasteiger partial charge in [-0.1, -0.05) is 158 Å². The Hall–Kier alpha value is -7.17. The first kappa shape index (κ1) is 31.4. The highest BCUT2D eigenvalue weighted by atomic mass is 16.3. The SMILES string of the molecule is C1=CC2C=CC(c3nc(-c4ccc5cc(-c6ccccc6)ccc5c4)nc(-c4ccc(-c5cccc6ccccc56)c5oc6ccccc6c45)n3)=CC2C=C1. The highest BCUT2D eigenvalue weighted by Crippen LogP contribution is 2.43. The monoisotopic (exact) mass is 703 g/mol. The Bertz CT molecular complexity index is 3110. The smallest absolute Gasteiger partial charge is 0.164 e. The molecule has 0 amide bonds. The number of furan rings is 1. The number of allylic oxidation sites excluding steroid dienone is 8. The van der Waals surface area contributed by atoms with Crippen LogP contribution in [0.25, 0.3) is 94.1 Å². The minimum absolute atomic E-state index is 0.248. The molecule has 0 N–H and O–H groups in total. The third-order valence-corrected chi connectivity index (χ3v) is 11.0. The summed E-state index contributed by atoms with van der Waals surface area (Å²) in [6.07, 6.45) is 15.4. The molecule has 4 heteroatoms. The molecule has 0 saturated heterocycles. The lowest BCUT2D eigenvalue weighted by atomic mass is 9.83. The number of aromatic nitrogens is 3. The van der Waals surface area contributed by atoms with Crippen molar-refractivity contribution in [3.8, 4) is 45.0 Å². The van der Waals surface area contributed by atoms with Gasteiger partial charge in [0.25, 0.3) is 0 Å². The molecule has 4 nitrogen and oxygen atoms in total. The quantitative estimate of drug-likeness (QED) is 0.179. The van der Waals surface area contributed by atoms with Crippen molar-refractivity contribution in [1.82, 2.24) is 15.0 Å². The van der Waals surface area contributed by atoms with Gasteiger partial charge in [0.2, 0.25) is 0 Å². The number of hydrogen-bond acceptors (Lipinski definition) is 4. The predicted octanol–water partition coefficient (Wildman–Crippen LogP) is 13.1. The summed E-state index contributed by atoms with van der Waals surface area (Å²) in [5, 5.41) is 6.67. The van der Waals surface area contributed by atoms with Crippen molar-refractivity contribution < 1.29 is 4.42 Å². The number of nitrogens with zero attached hydrogens (tertiary/aromatic N) is 3. The molecule has 258 valence electrons. The van der Waals surface area contributed by atoms with Gasteiger partial charge in [0, 0.05) is 44.9 Å². The Morgan fingerprint density at radius 2 is 1.13 bits per heavy atom. The largest absolute Gasteiger partial charge is 0.455 e. The second-order valence-corrected chi connectivity index (χ2v) is 14.3. The molecule has 2 aliphatic carbocycles. The van der Waals surface area contributed by atoms with E-state index in [4.69, 9.17) is 19.4 Å². The molecule has 0 aliphatic heterocycles. The van der Waals surface area contributed by atoms with Crippen LogP contribution in [0.15, 0.2) is 193 Å². The van der Waals surface area contributed by atoms with Crippen molar-refractivity contribution in [1.29, 1.82) is 0 Å². The molecule has 2 aromatic heterocycles. The van der Waals surface area contributed by atoms with Crippen LogP contribution in [-0.2, 0) is 0 Å². The highest BCUT2D eigenvalue weighted by molar-refractivity contribution is 6.17. The zero-order valence-corrected chi connectivity index (χ0v) is 29.8. The molecule has 9 aromatic rings. The fourth-order valence-corrected chi connectivity index (χ4v) is 8.26. The molecule has 7 aromatic carbocycles. The molecule has 2 atom stereocenters. The Morgan fingerprint density at radius 1 is 0.436 bits per heavy atom. The number of fused-ring (bicyclic) bond motifs is 6. The zero-order chi connectivity index (χ0) is 36.3. The molecule has 0 saturated carbocycles. The Labute approximate surface area is 318 Å². The Balaban J connectivity index is 1.12. The standard InChI is InChI=1S/C51H33N3O/c1-2-11-32(12-3-1)36-22-23-38-31-40(26-24-37(38)29-36)50-52-49(39-25-21-33-13-4-5-15-35(33)30-39)53-51(54-50)45-28-27-43(42-19-10-16-34-14-6-7-17-41(34)42)48-47(45)44-18-8-9-20-46(44)55-48/h1-31,33,35H. The second kappa shape index (κ2) is 12.8. The van der Waals surface area contributed by atoms with Crippen LogP contribution in [0.4, 0.5) is 0 Å². The van der Waals surface area contributed by atoms with Crippen LogP contribution in [0.5, 0.6) is 0 Å². The molecule has 2 aliphatic rings. The van der Waals surface area contributed by atoms with Gasteiger partial charge in [0.15, 0.2) is 17.5 Å². The summed E-state index contributed by atoms with van der Waals surface area (Å²) in [5.41, 5.74) is 9.01. The lowest BCUT2D eigenvalue weighted by Gasteiger charge is -2.22. The Kier molecular flexibility index (Phi) is 7.27. The van der Waals surface area contributed by atoms with Gasteiger partial charge in [0.05, 0.1) is 0 Å². The van der Waals surface area contributed by atoms with Crippen LogP contribution in [0.2, 0.25) is 0 Å². The summed E-state index contributed by atoms with van der Waals surface area (Å²) in [6, 6.07) is 51.1. The number of para-hydroxylation sites is 1. The van der Waals surface area contributed by atoms with E-state index < -0.39 is 0 Å². The highest BCUT2D eigenvalue weighted by Gasteiger charge is 2.24. The first-order valence-electron chi connectivity index (χ1n) is 18.8. The lowest BCUT2D eigenvalue weighted by Crippen LogP contribution is -2.12. The van der Waals surface area contributed by atoms with Crippen molar-refractivity contribution in [3.63, 3.8) is 0 Å². The van der Waals surface area contributed by atoms with Crippen molar-refractivity contribution in [2.75, 3.05) is 0 Å². The molecule has 11 rings (SSSR count). The van der Waals surface area contributed by atoms with Crippen LogP contribution in [0, 0.1) is 11.8 Å². The molecular weight excluding hydrogens is 671 g/mol. The van der Waals surface area contributed by atoms with E-state index in [2.05, 4.69) is 170 Å². The minimum Gasteiger partial charge on any atom is -0.455 e. The van der Waals surface area contributed by atoms with Crippen LogP contribution in [0.3, 0.4) is 0 Å². The van der Waals surface area contributed by atoms with Crippen LogP contribution in [-0.4, -0.2) is 15.0 Å². The van der Waals surface area contributed by atoms with Crippen molar-refractivity contribution in [3.05, 3.63) is 194 Å². The van der Waals surface area contributed by atoms with E-state index in [1.165, 1.54) is 21.9 Å². The molecule has 0 bridgehead atoms. The van der Waals surface area contributed by atoms with Gasteiger partial charge in [-0.15, -0.1) is 0 Å². The minimum atomic E-state index is 0.248. The molecule has 0 spiro atoms. The number of rotatable bonds is 5. The fourth-order valence-electron chi connectivity index (χ4n) is 8.26. The molecular formula is C51H33N3O. The normalized spacial score (nSPS) is 16.3. The van der Waals surface area contributed by atoms with Crippen molar-refractivity contribution >= 4 is 49.1 Å². The summed E-state index contributed by atoms with van der Waals surface area (Å²) in [6.45, 7) is 0. The van der Waals surface area contributed by atoms with Gasteiger partial charge < -0.3 is 4.42 Å². The summed E-state index contributed by atoms with van der Waals surface area (Å²) >= 11 is 0. The van der Waals surface area contributed by atoms with E-state index in [9.17, 15) is 0 Å². The molecule has 55 heavy (non-hydrogen) atoms. The topological polar surface area (TPSA) is 51.8 Å². The van der Waals surface area contributed by atoms with Gasteiger partial charge in [-0.25, -0.2) is 15.0 Å². The summed E-state index contributed by atoms with van der Waals surface area (Å²) in [5.74, 6) is 2.46. The van der Waals surface area contributed by atoms with E-state index in [0.717, 1.165) is 60.5 Å².